The Morgan fingerprint density at radius 3 is 3.00 bits per heavy atom. The van der Waals surface area contributed by atoms with Crippen LogP contribution in [0.15, 0.2) is 18.3 Å². The van der Waals surface area contributed by atoms with Gasteiger partial charge in [0.2, 0.25) is 0 Å². The van der Waals surface area contributed by atoms with Crippen LogP contribution in [-0.2, 0) is 17.8 Å². The van der Waals surface area contributed by atoms with Gasteiger partial charge in [-0.1, -0.05) is 13.0 Å². The monoisotopic (exact) mass is 291 g/mol. The minimum Gasteiger partial charge on any atom is -0.381 e. The summed E-state index contributed by atoms with van der Waals surface area (Å²) >= 11 is 0. The number of aromatic nitrogens is 1. The fraction of sp³-hybridized carbons (Fsp3) is 0.706. The quantitative estimate of drug-likeness (QED) is 0.747. The molecular weight excluding hydrogens is 262 g/mol. The summed E-state index contributed by atoms with van der Waals surface area (Å²) in [5.41, 5.74) is 2.41. The molecule has 21 heavy (non-hydrogen) atoms. The lowest BCUT2D eigenvalue weighted by Crippen LogP contribution is -2.30. The molecule has 0 bridgehead atoms. The third kappa shape index (κ3) is 6.12. The van der Waals surface area contributed by atoms with E-state index in [-0.39, 0.29) is 0 Å². The highest BCUT2D eigenvalue weighted by molar-refractivity contribution is 5.13. The van der Waals surface area contributed by atoms with E-state index < -0.39 is 0 Å². The topological polar surface area (TPSA) is 37.4 Å². The summed E-state index contributed by atoms with van der Waals surface area (Å²) in [5, 5.41) is 3.40. The molecule has 0 amide bonds. The Balaban J connectivity index is 1.73. The number of nitrogens with zero attached hydrogens (tertiary/aromatic N) is 2. The van der Waals surface area contributed by atoms with Gasteiger partial charge in [-0.25, -0.2) is 0 Å². The molecule has 0 spiro atoms. The maximum atomic E-state index is 5.55. The lowest BCUT2D eigenvalue weighted by Gasteiger charge is -2.26. The second kappa shape index (κ2) is 9.13. The van der Waals surface area contributed by atoms with Crippen LogP contribution in [0.4, 0.5) is 0 Å². The Kier molecular flexibility index (Phi) is 7.13. The van der Waals surface area contributed by atoms with E-state index >= 15 is 0 Å². The predicted octanol–water partition coefficient (Wildman–Crippen LogP) is 2.44. The van der Waals surface area contributed by atoms with Crippen LogP contribution in [0.2, 0.25) is 0 Å². The molecular formula is C17H29N3O. The van der Waals surface area contributed by atoms with Crippen LogP contribution < -0.4 is 5.32 Å². The molecule has 1 fully saturated rings. The third-order valence-corrected chi connectivity index (χ3v) is 3.90. The highest BCUT2D eigenvalue weighted by Gasteiger charge is 2.16. The van der Waals surface area contributed by atoms with Crippen molar-refractivity contribution in [1.29, 1.82) is 0 Å². The van der Waals surface area contributed by atoms with Crippen LogP contribution in [0.3, 0.4) is 0 Å². The van der Waals surface area contributed by atoms with E-state index in [1.54, 1.807) is 0 Å². The van der Waals surface area contributed by atoms with Gasteiger partial charge < -0.3 is 15.0 Å². The maximum absolute atomic E-state index is 5.55. The Bertz CT molecular complexity index is 388. The molecule has 2 rings (SSSR count). The largest absolute Gasteiger partial charge is 0.381 e. The van der Waals surface area contributed by atoms with Crippen LogP contribution in [0, 0.1) is 5.92 Å². The second-order valence-corrected chi connectivity index (χ2v) is 6.11. The highest BCUT2D eigenvalue weighted by atomic mass is 16.5. The Morgan fingerprint density at radius 1 is 1.43 bits per heavy atom. The Hall–Kier alpha value is -0.970. The van der Waals surface area contributed by atoms with Crippen molar-refractivity contribution in [3.63, 3.8) is 0 Å². The molecule has 4 heteroatoms. The predicted molar refractivity (Wildman–Crippen MR) is 86.1 cm³/mol. The lowest BCUT2D eigenvalue weighted by atomic mass is 10.0. The molecule has 1 aliphatic rings. The number of rotatable bonds is 8. The zero-order chi connectivity index (χ0) is 14.9. The van der Waals surface area contributed by atoms with E-state index in [1.807, 2.05) is 6.20 Å². The van der Waals surface area contributed by atoms with Crippen molar-refractivity contribution < 1.29 is 4.74 Å². The maximum Gasteiger partial charge on any atom is 0.0544 e. The van der Waals surface area contributed by atoms with Gasteiger partial charge in [0, 0.05) is 32.4 Å². The molecule has 1 aromatic rings. The van der Waals surface area contributed by atoms with Crippen LogP contribution in [0.5, 0.6) is 0 Å². The summed E-state index contributed by atoms with van der Waals surface area (Å²) in [6.07, 6.45) is 5.66. The molecule has 0 aromatic carbocycles. The molecule has 1 saturated heterocycles. The first-order valence-corrected chi connectivity index (χ1v) is 8.18. The van der Waals surface area contributed by atoms with Crippen LogP contribution in [0.25, 0.3) is 0 Å². The number of pyridine rings is 1. The van der Waals surface area contributed by atoms with E-state index in [4.69, 9.17) is 4.74 Å². The van der Waals surface area contributed by atoms with E-state index in [0.717, 1.165) is 45.1 Å². The van der Waals surface area contributed by atoms with E-state index in [2.05, 4.69) is 41.3 Å². The first-order chi connectivity index (χ1) is 10.3. The summed E-state index contributed by atoms with van der Waals surface area (Å²) in [6, 6.07) is 4.33. The number of hydrogen-bond acceptors (Lipinski definition) is 4. The molecule has 1 atom stereocenters. The Morgan fingerprint density at radius 2 is 2.33 bits per heavy atom. The van der Waals surface area contributed by atoms with E-state index in [9.17, 15) is 0 Å². The second-order valence-electron chi connectivity index (χ2n) is 6.11. The highest BCUT2D eigenvalue weighted by Crippen LogP contribution is 2.15. The van der Waals surface area contributed by atoms with Gasteiger partial charge in [-0.3, -0.25) is 4.98 Å². The normalized spacial score (nSPS) is 19.1. The number of nitrogens with one attached hydrogen (secondary N) is 1. The van der Waals surface area contributed by atoms with Gasteiger partial charge in [-0.15, -0.1) is 0 Å². The molecule has 1 N–H and O–H groups in total. The molecule has 118 valence electrons. The van der Waals surface area contributed by atoms with Gasteiger partial charge in [-0.05, 0) is 50.4 Å². The molecule has 0 radical (unpaired) electrons. The fourth-order valence-electron chi connectivity index (χ4n) is 2.80. The van der Waals surface area contributed by atoms with Gasteiger partial charge >= 0.3 is 0 Å². The first kappa shape index (κ1) is 16.4. The summed E-state index contributed by atoms with van der Waals surface area (Å²) in [7, 11) is 2.17. The minimum atomic E-state index is 0.682. The average molecular weight is 291 g/mol. The smallest absolute Gasteiger partial charge is 0.0544 e. The minimum absolute atomic E-state index is 0.682. The number of hydrogen-bond donors (Lipinski definition) is 1. The molecule has 2 heterocycles. The number of ether oxygens (including phenoxy) is 1. The first-order valence-electron chi connectivity index (χ1n) is 8.18. The molecule has 0 aliphatic carbocycles. The van der Waals surface area contributed by atoms with Crippen molar-refractivity contribution in [2.24, 2.45) is 5.92 Å². The van der Waals surface area contributed by atoms with Gasteiger partial charge in [0.15, 0.2) is 0 Å². The summed E-state index contributed by atoms with van der Waals surface area (Å²) in [4.78, 5) is 6.94. The van der Waals surface area contributed by atoms with Gasteiger partial charge in [0.25, 0.3) is 0 Å². The van der Waals surface area contributed by atoms with Gasteiger partial charge in [0.05, 0.1) is 12.3 Å². The fourth-order valence-corrected chi connectivity index (χ4v) is 2.80. The van der Waals surface area contributed by atoms with Crippen molar-refractivity contribution in [3.8, 4) is 0 Å². The zero-order valence-electron chi connectivity index (χ0n) is 13.5. The van der Waals surface area contributed by atoms with Crippen LogP contribution >= 0.6 is 0 Å². The summed E-state index contributed by atoms with van der Waals surface area (Å²) < 4.78 is 5.55. The SMILES string of the molecule is CCCNCc1ccc(CN(C)CC2CCCOC2)nc1. The standard InChI is InChI=1S/C17H29N3O/c1-3-8-18-10-15-6-7-17(19-11-15)13-20(2)12-16-5-4-9-21-14-16/h6-7,11,16,18H,3-5,8-10,12-14H2,1-2H3. The third-order valence-electron chi connectivity index (χ3n) is 3.90. The molecule has 1 aliphatic heterocycles. The van der Waals surface area contributed by atoms with E-state index in [0.29, 0.717) is 5.92 Å². The van der Waals surface area contributed by atoms with Gasteiger partial charge in [0.1, 0.15) is 0 Å². The van der Waals surface area contributed by atoms with Crippen LogP contribution in [0.1, 0.15) is 37.4 Å². The van der Waals surface area contributed by atoms with Gasteiger partial charge in [-0.2, -0.15) is 0 Å². The van der Waals surface area contributed by atoms with Crippen molar-refractivity contribution in [3.05, 3.63) is 29.6 Å². The zero-order valence-corrected chi connectivity index (χ0v) is 13.5. The molecule has 1 unspecified atom stereocenters. The van der Waals surface area contributed by atoms with Crippen molar-refractivity contribution in [2.75, 3.05) is 33.4 Å². The van der Waals surface area contributed by atoms with Crippen molar-refractivity contribution in [2.45, 2.75) is 39.3 Å². The Labute approximate surface area is 128 Å². The van der Waals surface area contributed by atoms with Crippen LogP contribution in [-0.4, -0.2) is 43.2 Å². The summed E-state index contributed by atoms with van der Waals surface area (Å²) in [5.74, 6) is 0.682. The van der Waals surface area contributed by atoms with Crippen molar-refractivity contribution >= 4 is 0 Å². The molecule has 4 nitrogen and oxygen atoms in total. The summed E-state index contributed by atoms with van der Waals surface area (Å²) in [6.45, 7) is 8.03. The molecule has 1 aromatic heterocycles. The average Bonchev–Trinajstić information content (AvgIpc) is 2.50. The lowest BCUT2D eigenvalue weighted by molar-refractivity contribution is 0.0410. The van der Waals surface area contributed by atoms with Crippen molar-refractivity contribution in [1.82, 2.24) is 15.2 Å². The molecule has 0 saturated carbocycles. The van der Waals surface area contributed by atoms with E-state index in [1.165, 1.54) is 24.8 Å².